The van der Waals surface area contributed by atoms with Crippen molar-refractivity contribution in [3.8, 4) is 28.4 Å². The summed E-state index contributed by atoms with van der Waals surface area (Å²) in [6.07, 6.45) is 3.92. The fraction of sp³-hybridized carbons (Fsp3) is 0.346. The van der Waals surface area contributed by atoms with Gasteiger partial charge in [0.15, 0.2) is 11.6 Å². The smallest absolute Gasteiger partial charge is 0.254 e. The Morgan fingerprint density at radius 2 is 1.84 bits per heavy atom. The van der Waals surface area contributed by atoms with Crippen LogP contribution in [0.1, 0.15) is 18.4 Å². The normalized spacial score (nSPS) is 14.9. The molecule has 1 atom stereocenters. The number of rotatable bonds is 10. The Bertz CT molecular complexity index is 1330. The highest BCUT2D eigenvalue weighted by Crippen LogP contribution is 2.39. The van der Waals surface area contributed by atoms with Gasteiger partial charge in [0.05, 0.1) is 6.61 Å². The lowest BCUT2D eigenvalue weighted by atomic mass is 9.99. The van der Waals surface area contributed by atoms with E-state index in [1.54, 1.807) is 31.4 Å². The summed E-state index contributed by atoms with van der Waals surface area (Å²) >= 11 is -2.39. The predicted molar refractivity (Wildman–Crippen MR) is 135 cm³/mol. The first-order valence-electron chi connectivity index (χ1n) is 11.9. The number of pyridine rings is 1. The topological polar surface area (TPSA) is 105 Å². The van der Waals surface area contributed by atoms with Gasteiger partial charge in [-0.25, -0.2) is 13.5 Å². The van der Waals surface area contributed by atoms with E-state index in [4.69, 9.17) is 9.47 Å². The molecule has 2 aromatic carbocycles. The van der Waals surface area contributed by atoms with Gasteiger partial charge in [0, 0.05) is 54.3 Å². The van der Waals surface area contributed by atoms with Crippen LogP contribution in [0.25, 0.3) is 11.1 Å². The van der Waals surface area contributed by atoms with Crippen molar-refractivity contribution in [1.29, 1.82) is 0 Å². The second-order valence-corrected chi connectivity index (χ2v) is 9.65. The average molecular weight is 533 g/mol. The Kier molecular flexibility index (Phi) is 9.04. The molecule has 1 aliphatic rings. The van der Waals surface area contributed by atoms with Crippen LogP contribution in [0, 0.1) is 17.6 Å². The molecule has 1 fully saturated rings. The minimum absolute atomic E-state index is 0.166. The van der Waals surface area contributed by atoms with Crippen molar-refractivity contribution in [2.24, 2.45) is 13.0 Å². The quantitative estimate of drug-likeness (QED) is 0.388. The van der Waals surface area contributed by atoms with E-state index in [-0.39, 0.29) is 23.6 Å². The number of nitrogens with one attached hydrogen (secondary N) is 2. The van der Waals surface area contributed by atoms with Gasteiger partial charge < -0.3 is 23.9 Å². The van der Waals surface area contributed by atoms with Crippen molar-refractivity contribution < 1.29 is 27.0 Å². The fourth-order valence-corrected chi connectivity index (χ4v) is 4.45. The summed E-state index contributed by atoms with van der Waals surface area (Å²) in [6, 6.07) is 9.58. The number of piperidine rings is 1. The molecule has 2 N–H and O–H groups in total. The summed E-state index contributed by atoms with van der Waals surface area (Å²) in [5.74, 6) is -0.786. The number of hydrogen-bond donors (Lipinski definition) is 2. The Balaban J connectivity index is 1.73. The molecule has 2 heterocycles. The van der Waals surface area contributed by atoms with Crippen molar-refractivity contribution in [3.63, 3.8) is 0 Å². The first-order valence-corrected chi connectivity index (χ1v) is 13.0. The van der Waals surface area contributed by atoms with Gasteiger partial charge in [-0.05, 0) is 68.1 Å². The molecule has 0 saturated carbocycles. The molecule has 4 rings (SSSR count). The Labute approximate surface area is 216 Å². The summed E-state index contributed by atoms with van der Waals surface area (Å²) in [7, 11) is 1.61. The molecule has 1 unspecified atom stereocenters. The highest BCUT2D eigenvalue weighted by atomic mass is 32.2. The van der Waals surface area contributed by atoms with Gasteiger partial charge in [0.25, 0.3) is 5.56 Å². The molecule has 198 valence electrons. The lowest BCUT2D eigenvalue weighted by Gasteiger charge is -2.24. The van der Waals surface area contributed by atoms with Crippen LogP contribution in [0.4, 0.5) is 8.78 Å². The molecule has 1 aromatic heterocycles. The van der Waals surface area contributed by atoms with Crippen LogP contribution >= 0.6 is 0 Å². The van der Waals surface area contributed by atoms with Crippen molar-refractivity contribution >= 4 is 11.3 Å². The molecule has 1 aliphatic heterocycles. The molecule has 0 amide bonds. The summed E-state index contributed by atoms with van der Waals surface area (Å²) < 4.78 is 65.3. The van der Waals surface area contributed by atoms with E-state index in [9.17, 15) is 22.3 Å². The zero-order chi connectivity index (χ0) is 26.4. The number of halogens is 2. The van der Waals surface area contributed by atoms with E-state index in [2.05, 4.69) is 10.0 Å². The highest BCUT2D eigenvalue weighted by Gasteiger charge is 2.19. The van der Waals surface area contributed by atoms with E-state index < -0.39 is 22.9 Å². The highest BCUT2D eigenvalue weighted by molar-refractivity contribution is 7.77. The van der Waals surface area contributed by atoms with Gasteiger partial charge >= 0.3 is 0 Å². The monoisotopic (exact) mass is 532 g/mol. The zero-order valence-corrected chi connectivity index (χ0v) is 21.1. The first-order chi connectivity index (χ1) is 17.8. The minimum Gasteiger partial charge on any atom is -0.760 e. The standard InChI is InChI=1S/C26H29F2N3O5S/c1-31-15-21(25(14-26(31)32)35-16-18-6-9-29-10-7-18)20-12-17(8-11-30-37(33)34)2-4-23(20)36-24-5-3-19(27)13-22(24)28/h2-5,12-15,18,29-30H,6-11,16H2,1H3,(H,33,34)/p-1. The third kappa shape index (κ3) is 7.22. The lowest BCUT2D eigenvalue weighted by Crippen LogP contribution is -2.30. The van der Waals surface area contributed by atoms with Crippen LogP contribution in [0.2, 0.25) is 0 Å². The maximum absolute atomic E-state index is 14.4. The predicted octanol–water partition coefficient (Wildman–Crippen LogP) is 3.43. The molecular weight excluding hydrogens is 504 g/mol. The second kappa shape index (κ2) is 12.4. The van der Waals surface area contributed by atoms with E-state index >= 15 is 0 Å². The Morgan fingerprint density at radius 1 is 1.08 bits per heavy atom. The number of aryl methyl sites for hydroxylation is 1. The molecule has 3 aromatic rings. The number of nitrogens with zero attached hydrogens (tertiary/aromatic N) is 1. The van der Waals surface area contributed by atoms with Crippen molar-refractivity contribution in [2.75, 3.05) is 26.2 Å². The van der Waals surface area contributed by atoms with Gasteiger partial charge in [-0.3, -0.25) is 9.00 Å². The lowest BCUT2D eigenvalue weighted by molar-refractivity contribution is 0.215. The Morgan fingerprint density at radius 3 is 2.57 bits per heavy atom. The number of aromatic nitrogens is 1. The van der Waals surface area contributed by atoms with Gasteiger partial charge in [0.1, 0.15) is 17.3 Å². The molecule has 8 nitrogen and oxygen atoms in total. The van der Waals surface area contributed by atoms with Crippen molar-refractivity contribution in [3.05, 3.63) is 76.2 Å². The van der Waals surface area contributed by atoms with Gasteiger partial charge in [0.2, 0.25) is 0 Å². The van der Waals surface area contributed by atoms with E-state index in [0.29, 0.717) is 35.8 Å². The van der Waals surface area contributed by atoms with Crippen LogP contribution in [0.3, 0.4) is 0 Å². The van der Waals surface area contributed by atoms with Gasteiger partial charge in [-0.2, -0.15) is 0 Å². The van der Waals surface area contributed by atoms with Crippen LogP contribution in [0.15, 0.2) is 53.5 Å². The maximum atomic E-state index is 14.4. The van der Waals surface area contributed by atoms with Crippen LogP contribution in [-0.4, -0.2) is 39.6 Å². The molecule has 11 heteroatoms. The average Bonchev–Trinajstić information content (AvgIpc) is 2.87. The molecule has 0 radical (unpaired) electrons. The minimum atomic E-state index is -2.39. The van der Waals surface area contributed by atoms with E-state index in [0.717, 1.165) is 43.6 Å². The van der Waals surface area contributed by atoms with Crippen molar-refractivity contribution in [1.82, 2.24) is 14.6 Å². The summed E-state index contributed by atoms with van der Waals surface area (Å²) in [4.78, 5) is 12.5. The third-order valence-corrected chi connectivity index (χ3v) is 6.65. The molecular formula is C26H28F2N3O5S-. The molecule has 0 bridgehead atoms. The summed E-state index contributed by atoms with van der Waals surface area (Å²) in [5, 5.41) is 3.31. The summed E-state index contributed by atoms with van der Waals surface area (Å²) in [6.45, 7) is 2.42. The van der Waals surface area contributed by atoms with Crippen LogP contribution in [-0.2, 0) is 24.7 Å². The number of ether oxygens (including phenoxy) is 2. The fourth-order valence-electron chi connectivity index (χ4n) is 4.18. The van der Waals surface area contributed by atoms with Gasteiger partial charge in [-0.15, -0.1) is 0 Å². The van der Waals surface area contributed by atoms with Crippen molar-refractivity contribution in [2.45, 2.75) is 19.3 Å². The van der Waals surface area contributed by atoms with Crippen LogP contribution < -0.4 is 25.1 Å². The summed E-state index contributed by atoms with van der Waals surface area (Å²) in [5.41, 5.74) is 1.59. The largest absolute Gasteiger partial charge is 0.760 e. The molecule has 0 aliphatic carbocycles. The van der Waals surface area contributed by atoms with E-state index in [1.807, 2.05) is 0 Å². The van der Waals surface area contributed by atoms with E-state index in [1.165, 1.54) is 16.7 Å². The molecule has 37 heavy (non-hydrogen) atoms. The second-order valence-electron chi connectivity index (χ2n) is 8.89. The third-order valence-electron chi connectivity index (χ3n) is 6.21. The number of hydrogen-bond acceptors (Lipinski definition) is 6. The van der Waals surface area contributed by atoms with Crippen LogP contribution in [0.5, 0.6) is 17.2 Å². The first kappa shape index (κ1) is 26.9. The molecule has 0 spiro atoms. The maximum Gasteiger partial charge on any atom is 0.254 e. The number of benzene rings is 2. The zero-order valence-electron chi connectivity index (χ0n) is 20.3. The molecule has 1 saturated heterocycles. The Hall–Kier alpha value is -3.12. The SMILES string of the molecule is Cn1cc(-c2cc(CCNS(=O)[O-])ccc2Oc2ccc(F)cc2F)c(OCC2CCNCC2)cc1=O. The van der Waals surface area contributed by atoms with Gasteiger partial charge in [-0.1, -0.05) is 6.07 Å².